The Kier molecular flexibility index (Phi) is 25.8. The van der Waals surface area contributed by atoms with Gasteiger partial charge in [0, 0.05) is 22.3 Å². The Bertz CT molecular complexity index is 4690. The van der Waals surface area contributed by atoms with Crippen molar-refractivity contribution >= 4 is 93.1 Å². The van der Waals surface area contributed by atoms with E-state index in [1.54, 1.807) is 0 Å². The lowest BCUT2D eigenvalue weighted by molar-refractivity contribution is -0.137. The van der Waals surface area contributed by atoms with Gasteiger partial charge < -0.3 is 77.9 Å². The molecule has 0 radical (unpaired) electrons. The van der Waals surface area contributed by atoms with Gasteiger partial charge in [0.1, 0.15) is 62.8 Å². The molecular formula is C60H43Cl3F12N10O15. The second kappa shape index (κ2) is 32.8. The van der Waals surface area contributed by atoms with E-state index < -0.39 is 201 Å². The van der Waals surface area contributed by atoms with Crippen LogP contribution in [0.15, 0.2) is 78.9 Å². The standard InChI is InChI=1S/C14H10F4N2O3.C13H8ClF3N2O3.C13H9ClF2N2O3.C13H10F2N2O3.C7H6ClFN2O3/c1-23-12-9(19)8(15)10(20-11(12)13(21)22)6-2-4-7(5-3-6)14(16,17)18;1-22-12-9(18)8(17)10(19-11(12)13(20)21)4-2-3-5(14)7(16)6(4)15;1-21-12-9(17)8(16)10(18-11(12)13(19)20)5-2-3-6(14)7(15)4-5;1-20-12-9(16)8(15)10(17-11(12)13(18)19)6-2-4-7(14)5-3-6;1-14-5-3(10)2(9)6(8)11-4(5)7(12)13/h2-5H,1H3,(H2,19,20)(H,21,22);2-3H,1H3,(H2,18,19)(H,20,21);2-4H,1H3,(H2,17,18)(H,19,20);2-5H,1H3,(H2,16,17)(H,18,19);1H3,(H2,10,11)(H,12,13). The molecule has 0 aliphatic carbocycles. The van der Waals surface area contributed by atoms with Crippen LogP contribution >= 0.6 is 34.8 Å². The van der Waals surface area contributed by atoms with Gasteiger partial charge in [-0.05, 0) is 60.7 Å². The van der Waals surface area contributed by atoms with Crippen LogP contribution in [0.5, 0.6) is 28.7 Å². The number of hydrogen-bond acceptors (Lipinski definition) is 20. The second-order valence-corrected chi connectivity index (χ2v) is 19.9. The maximum Gasteiger partial charge on any atom is 0.416 e. The number of ether oxygens (including phenoxy) is 5. The van der Waals surface area contributed by atoms with Gasteiger partial charge in [-0.2, -0.15) is 13.2 Å². The average Bonchev–Trinajstić information content (AvgIpc) is 0.803. The minimum absolute atomic E-state index is 0.00579. The molecule has 25 nitrogen and oxygen atoms in total. The van der Waals surface area contributed by atoms with Crippen LogP contribution in [0, 0.1) is 52.4 Å². The summed E-state index contributed by atoms with van der Waals surface area (Å²) in [5.41, 5.74) is 18.2. The molecule has 9 rings (SSSR count). The molecule has 9 aromatic rings. The molecule has 100 heavy (non-hydrogen) atoms. The number of nitrogens with zero attached hydrogens (tertiary/aromatic N) is 5. The zero-order chi connectivity index (χ0) is 75.4. The first-order valence-corrected chi connectivity index (χ1v) is 27.4. The monoisotopic (exact) mass is 1480 g/mol. The summed E-state index contributed by atoms with van der Waals surface area (Å²) in [7, 11) is 5.63. The van der Waals surface area contributed by atoms with Crippen molar-refractivity contribution in [2.45, 2.75) is 6.18 Å². The first kappa shape index (κ1) is 78.7. The van der Waals surface area contributed by atoms with E-state index in [-0.39, 0.29) is 38.9 Å². The van der Waals surface area contributed by atoms with E-state index in [1.807, 2.05) is 0 Å². The summed E-state index contributed by atoms with van der Waals surface area (Å²) in [6, 6.07) is 13.6. The molecule has 5 heterocycles. The number of rotatable bonds is 14. The van der Waals surface area contributed by atoms with Gasteiger partial charge in [0.25, 0.3) is 0 Å². The topological polar surface area (TPSA) is 427 Å². The van der Waals surface area contributed by atoms with E-state index >= 15 is 0 Å². The second-order valence-electron chi connectivity index (χ2n) is 18.8. The van der Waals surface area contributed by atoms with Gasteiger partial charge >= 0.3 is 36.0 Å². The molecule has 0 aliphatic heterocycles. The predicted molar refractivity (Wildman–Crippen MR) is 332 cm³/mol. The number of aromatic carboxylic acids is 5. The molecule has 0 atom stereocenters. The molecule has 15 N–H and O–H groups in total. The van der Waals surface area contributed by atoms with Crippen molar-refractivity contribution in [2.75, 3.05) is 64.2 Å². The van der Waals surface area contributed by atoms with Crippen molar-refractivity contribution in [3.63, 3.8) is 0 Å². The lowest BCUT2D eigenvalue weighted by atomic mass is 10.1. The Morgan fingerprint density at radius 2 is 0.660 bits per heavy atom. The molecule has 4 aromatic carbocycles. The highest BCUT2D eigenvalue weighted by atomic mass is 35.5. The Morgan fingerprint density at radius 3 is 0.990 bits per heavy atom. The van der Waals surface area contributed by atoms with Crippen molar-refractivity contribution in [3.8, 4) is 73.8 Å². The lowest BCUT2D eigenvalue weighted by Gasteiger charge is -2.13. The number of alkyl halides is 3. The zero-order valence-corrected chi connectivity index (χ0v) is 52.9. The normalized spacial score (nSPS) is 10.6. The Labute approximate surface area is 566 Å². The van der Waals surface area contributed by atoms with Crippen LogP contribution < -0.4 is 52.4 Å². The number of pyridine rings is 5. The number of halogens is 15. The summed E-state index contributed by atoms with van der Waals surface area (Å²) in [4.78, 5) is 72.8. The predicted octanol–water partition coefficient (Wildman–Crippen LogP) is 12.8. The average molecular weight is 1480 g/mol. The molecule has 528 valence electrons. The van der Waals surface area contributed by atoms with Crippen LogP contribution in [0.1, 0.15) is 58.0 Å². The van der Waals surface area contributed by atoms with Crippen LogP contribution in [-0.2, 0) is 6.18 Å². The highest BCUT2D eigenvalue weighted by Gasteiger charge is 2.32. The smallest absolute Gasteiger partial charge is 0.416 e. The van der Waals surface area contributed by atoms with E-state index in [2.05, 4.69) is 34.4 Å². The summed E-state index contributed by atoms with van der Waals surface area (Å²) >= 11 is 16.3. The number of aromatic nitrogens is 5. The van der Waals surface area contributed by atoms with Gasteiger partial charge in [-0.25, -0.2) is 88.4 Å². The molecule has 0 fully saturated rings. The Morgan fingerprint density at radius 1 is 0.370 bits per heavy atom. The van der Waals surface area contributed by atoms with Crippen LogP contribution in [0.4, 0.5) is 81.1 Å². The first-order valence-electron chi connectivity index (χ1n) is 26.3. The maximum absolute atomic E-state index is 14.2. The molecule has 0 spiro atoms. The third-order valence-electron chi connectivity index (χ3n) is 12.7. The van der Waals surface area contributed by atoms with Crippen LogP contribution in [0.3, 0.4) is 0 Å². The van der Waals surface area contributed by atoms with Gasteiger partial charge in [0.05, 0.1) is 51.2 Å². The summed E-state index contributed by atoms with van der Waals surface area (Å²) in [5.74, 6) is -18.8. The Hall–Kier alpha value is -12.0. The zero-order valence-electron chi connectivity index (χ0n) is 50.6. The van der Waals surface area contributed by atoms with Gasteiger partial charge in [0.2, 0.25) is 0 Å². The van der Waals surface area contributed by atoms with Crippen molar-refractivity contribution in [3.05, 3.63) is 180 Å². The molecule has 0 amide bonds. The van der Waals surface area contributed by atoms with Crippen LogP contribution in [0.2, 0.25) is 15.2 Å². The fraction of sp³-hybridized carbons (Fsp3) is 0.100. The van der Waals surface area contributed by atoms with Crippen molar-refractivity contribution < 1.29 is 126 Å². The minimum atomic E-state index is -4.55. The SMILES string of the molecule is COc1c(C(=O)O)nc(-c2ccc(C(F)(F)F)cc2)c(F)c1N.COc1c(C(=O)O)nc(-c2ccc(Cl)c(F)c2)c(F)c1N.COc1c(C(=O)O)nc(-c2ccc(Cl)c(F)c2F)c(F)c1N.COc1c(C(=O)O)nc(-c2ccc(F)cc2)c(F)c1N.COc1c(C(=O)O)nc(Cl)c(F)c1N. The quantitative estimate of drug-likeness (QED) is 0.0275. The molecule has 0 aliphatic rings. The maximum atomic E-state index is 14.2. The first-order chi connectivity index (χ1) is 46.8. The third-order valence-corrected chi connectivity index (χ3v) is 13.6. The molecule has 0 saturated heterocycles. The summed E-state index contributed by atoms with van der Waals surface area (Å²) in [6.45, 7) is 0. The molecule has 0 saturated carbocycles. The summed E-state index contributed by atoms with van der Waals surface area (Å²) in [6.07, 6.45) is -4.55. The number of nitrogens with two attached hydrogens (primary N) is 5. The fourth-order valence-corrected chi connectivity index (χ4v) is 8.54. The lowest BCUT2D eigenvalue weighted by Crippen LogP contribution is -2.11. The molecule has 0 bridgehead atoms. The number of methoxy groups -OCH3 is 5. The number of carboxylic acids is 5. The largest absolute Gasteiger partial charge is 0.492 e. The van der Waals surface area contributed by atoms with E-state index in [4.69, 9.17) is 103 Å². The number of hydrogen-bond donors (Lipinski definition) is 10. The van der Waals surface area contributed by atoms with Gasteiger partial charge in [-0.3, -0.25) is 0 Å². The molecule has 5 aromatic heterocycles. The minimum Gasteiger partial charge on any atom is -0.492 e. The number of anilines is 5. The number of benzene rings is 4. The van der Waals surface area contributed by atoms with E-state index in [9.17, 15) is 76.7 Å². The highest BCUT2D eigenvalue weighted by Crippen LogP contribution is 2.41. The van der Waals surface area contributed by atoms with Gasteiger partial charge in [0.15, 0.2) is 103 Å². The van der Waals surface area contributed by atoms with Crippen LogP contribution in [0.25, 0.3) is 45.0 Å². The van der Waals surface area contributed by atoms with Crippen LogP contribution in [-0.4, -0.2) is 116 Å². The van der Waals surface area contributed by atoms with E-state index in [1.165, 1.54) is 24.3 Å². The molecule has 0 unspecified atom stereocenters. The molecule has 40 heteroatoms. The number of nitrogen functional groups attached to an aromatic ring is 5. The fourth-order valence-electron chi connectivity index (χ4n) is 8.09. The van der Waals surface area contributed by atoms with E-state index in [0.717, 1.165) is 90.1 Å². The van der Waals surface area contributed by atoms with E-state index in [0.29, 0.717) is 0 Å². The van der Waals surface area contributed by atoms with Gasteiger partial charge in [-0.15, -0.1) is 0 Å². The number of carboxylic acid groups (broad SMARTS) is 5. The summed E-state index contributed by atoms with van der Waals surface area (Å²) < 4.78 is 185. The van der Waals surface area contributed by atoms with Gasteiger partial charge in [-0.1, -0.05) is 53.0 Å². The highest BCUT2D eigenvalue weighted by molar-refractivity contribution is 6.31. The van der Waals surface area contributed by atoms with Crippen molar-refractivity contribution in [1.29, 1.82) is 0 Å². The van der Waals surface area contributed by atoms with Crippen molar-refractivity contribution in [1.82, 2.24) is 24.9 Å². The number of carbonyl (C=O) groups is 5. The third kappa shape index (κ3) is 17.2. The summed E-state index contributed by atoms with van der Waals surface area (Å²) in [5, 5.41) is 43.6. The molecular weight excluding hydrogens is 1440 g/mol. The Balaban J connectivity index is 0.000000227. The van der Waals surface area contributed by atoms with Crippen molar-refractivity contribution in [2.24, 2.45) is 0 Å².